The summed E-state index contributed by atoms with van der Waals surface area (Å²) in [6.45, 7) is 1.85. The van der Waals surface area contributed by atoms with Gasteiger partial charge in [-0.1, -0.05) is 43.3 Å². The highest BCUT2D eigenvalue weighted by Crippen LogP contribution is 2.37. The third-order valence-electron chi connectivity index (χ3n) is 4.37. The van der Waals surface area contributed by atoms with Crippen LogP contribution in [0.15, 0.2) is 53.6 Å². The van der Waals surface area contributed by atoms with Crippen molar-refractivity contribution in [2.75, 3.05) is 14.2 Å². The number of nitrogens with zero attached hydrogens (tertiary/aromatic N) is 2. The number of hydrogen-bond donors (Lipinski definition) is 0. The monoisotopic (exact) mass is 338 g/mol. The fourth-order valence-electron chi connectivity index (χ4n) is 3.03. The van der Waals surface area contributed by atoms with Gasteiger partial charge < -0.3 is 9.47 Å². The fraction of sp³-hybridized carbons (Fsp3) is 0.300. The summed E-state index contributed by atoms with van der Waals surface area (Å²) < 4.78 is 10.7. The zero-order valence-electron chi connectivity index (χ0n) is 14.7. The number of methoxy groups -OCH3 is 2. The van der Waals surface area contributed by atoms with Gasteiger partial charge in [-0.05, 0) is 23.3 Å². The van der Waals surface area contributed by atoms with Gasteiger partial charge in [-0.3, -0.25) is 4.79 Å². The zero-order valence-corrected chi connectivity index (χ0v) is 14.7. The molecule has 0 bridgehead atoms. The molecule has 5 nitrogen and oxygen atoms in total. The van der Waals surface area contributed by atoms with E-state index in [2.05, 4.69) is 5.10 Å². The van der Waals surface area contributed by atoms with E-state index in [-0.39, 0.29) is 11.9 Å². The lowest BCUT2D eigenvalue weighted by Crippen LogP contribution is -2.26. The average Bonchev–Trinajstić information content (AvgIpc) is 3.13. The number of rotatable bonds is 5. The summed E-state index contributed by atoms with van der Waals surface area (Å²) in [5.41, 5.74) is 2.94. The molecule has 0 fully saturated rings. The molecule has 3 rings (SSSR count). The maximum Gasteiger partial charge on any atom is 0.242 e. The summed E-state index contributed by atoms with van der Waals surface area (Å²) >= 11 is 0. The third kappa shape index (κ3) is 3.36. The molecule has 25 heavy (non-hydrogen) atoms. The van der Waals surface area contributed by atoms with Gasteiger partial charge >= 0.3 is 0 Å². The first kappa shape index (κ1) is 17.0. The van der Waals surface area contributed by atoms with E-state index in [1.165, 1.54) is 0 Å². The van der Waals surface area contributed by atoms with Crippen molar-refractivity contribution < 1.29 is 14.3 Å². The van der Waals surface area contributed by atoms with E-state index in [1.54, 1.807) is 19.2 Å². The van der Waals surface area contributed by atoms with E-state index in [1.807, 2.05) is 55.5 Å². The smallest absolute Gasteiger partial charge is 0.242 e. The SMILES string of the molecule is CCC(=O)N1N=C(c2ccccc2)CC1c1ccc(OC)c(OC)c1. The van der Waals surface area contributed by atoms with Gasteiger partial charge in [0.25, 0.3) is 0 Å². The lowest BCUT2D eigenvalue weighted by atomic mass is 9.98. The highest BCUT2D eigenvalue weighted by molar-refractivity contribution is 6.03. The minimum absolute atomic E-state index is 0.00529. The van der Waals surface area contributed by atoms with Crippen molar-refractivity contribution in [3.63, 3.8) is 0 Å². The number of carbonyl (C=O) groups is 1. The van der Waals surface area contributed by atoms with Crippen LogP contribution < -0.4 is 9.47 Å². The average molecular weight is 338 g/mol. The number of carbonyl (C=O) groups excluding carboxylic acids is 1. The van der Waals surface area contributed by atoms with E-state index in [4.69, 9.17) is 9.47 Å². The van der Waals surface area contributed by atoms with Crippen molar-refractivity contribution in [2.45, 2.75) is 25.8 Å². The Bertz CT molecular complexity index is 787. The second kappa shape index (κ2) is 7.38. The molecule has 1 aliphatic heterocycles. The van der Waals surface area contributed by atoms with Crippen LogP contribution in [-0.2, 0) is 4.79 Å². The molecule has 1 unspecified atom stereocenters. The van der Waals surface area contributed by atoms with Gasteiger partial charge in [0.15, 0.2) is 11.5 Å². The van der Waals surface area contributed by atoms with Gasteiger partial charge in [-0.2, -0.15) is 5.10 Å². The van der Waals surface area contributed by atoms with Crippen molar-refractivity contribution in [3.05, 3.63) is 59.7 Å². The Kier molecular flexibility index (Phi) is 5.03. The van der Waals surface area contributed by atoms with E-state index in [0.717, 1.165) is 16.8 Å². The van der Waals surface area contributed by atoms with Gasteiger partial charge in [0.1, 0.15) is 0 Å². The molecule has 0 N–H and O–H groups in total. The molecule has 0 saturated heterocycles. The molecule has 0 spiro atoms. The molecule has 5 heteroatoms. The summed E-state index contributed by atoms with van der Waals surface area (Å²) in [7, 11) is 3.22. The maximum atomic E-state index is 12.4. The molecule has 1 amide bonds. The van der Waals surface area contributed by atoms with Crippen LogP contribution in [0.4, 0.5) is 0 Å². The van der Waals surface area contributed by atoms with Crippen LogP contribution in [-0.4, -0.2) is 30.8 Å². The molecule has 1 aliphatic rings. The first-order chi connectivity index (χ1) is 12.2. The van der Waals surface area contributed by atoms with E-state index < -0.39 is 0 Å². The summed E-state index contributed by atoms with van der Waals surface area (Å²) in [4.78, 5) is 12.4. The van der Waals surface area contributed by atoms with Gasteiger partial charge in [0.2, 0.25) is 5.91 Å². The zero-order chi connectivity index (χ0) is 17.8. The predicted octanol–water partition coefficient (Wildman–Crippen LogP) is 3.79. The van der Waals surface area contributed by atoms with Crippen LogP contribution in [0.2, 0.25) is 0 Å². The fourth-order valence-corrected chi connectivity index (χ4v) is 3.03. The summed E-state index contributed by atoms with van der Waals surface area (Å²) in [6.07, 6.45) is 1.08. The molecule has 2 aromatic rings. The van der Waals surface area contributed by atoms with E-state index in [0.29, 0.717) is 24.3 Å². The Labute approximate surface area is 147 Å². The van der Waals surface area contributed by atoms with Crippen LogP contribution in [0.3, 0.4) is 0 Å². The second-order valence-corrected chi connectivity index (χ2v) is 5.84. The van der Waals surface area contributed by atoms with Crippen molar-refractivity contribution in [3.8, 4) is 11.5 Å². The normalized spacial score (nSPS) is 16.5. The maximum absolute atomic E-state index is 12.4. The lowest BCUT2D eigenvalue weighted by molar-refractivity contribution is -0.132. The number of ether oxygens (including phenoxy) is 2. The number of hydrogen-bond acceptors (Lipinski definition) is 4. The first-order valence-corrected chi connectivity index (χ1v) is 8.34. The van der Waals surface area contributed by atoms with E-state index in [9.17, 15) is 4.79 Å². The van der Waals surface area contributed by atoms with Gasteiger partial charge in [-0.15, -0.1) is 0 Å². The lowest BCUT2D eigenvalue weighted by Gasteiger charge is -2.22. The standard InChI is InChI=1S/C20H22N2O3/c1-4-20(23)22-17(13-16(21-22)14-8-6-5-7-9-14)15-10-11-18(24-2)19(12-15)25-3/h5-12,17H,4,13H2,1-3H3. The molecule has 130 valence electrons. The van der Waals surface area contributed by atoms with Crippen LogP contribution in [0, 0.1) is 0 Å². The Balaban J connectivity index is 1.96. The molecule has 1 atom stereocenters. The first-order valence-electron chi connectivity index (χ1n) is 8.34. The number of amides is 1. The van der Waals surface area contributed by atoms with Crippen LogP contribution in [0.1, 0.15) is 36.9 Å². The summed E-state index contributed by atoms with van der Waals surface area (Å²) in [5, 5.41) is 6.21. The molecule has 0 radical (unpaired) electrons. The molecule has 0 aromatic heterocycles. The highest BCUT2D eigenvalue weighted by Gasteiger charge is 2.32. The van der Waals surface area contributed by atoms with Crippen molar-refractivity contribution in [1.82, 2.24) is 5.01 Å². The van der Waals surface area contributed by atoms with Crippen molar-refractivity contribution in [2.24, 2.45) is 5.10 Å². The Morgan fingerprint density at radius 1 is 1.12 bits per heavy atom. The van der Waals surface area contributed by atoms with E-state index >= 15 is 0 Å². The molecule has 1 heterocycles. The van der Waals surface area contributed by atoms with Crippen LogP contribution >= 0.6 is 0 Å². The van der Waals surface area contributed by atoms with Crippen LogP contribution in [0.25, 0.3) is 0 Å². The molecular weight excluding hydrogens is 316 g/mol. The molecule has 2 aromatic carbocycles. The Morgan fingerprint density at radius 2 is 1.84 bits per heavy atom. The minimum atomic E-state index is -0.137. The predicted molar refractivity (Wildman–Crippen MR) is 97.0 cm³/mol. The highest BCUT2D eigenvalue weighted by atomic mass is 16.5. The minimum Gasteiger partial charge on any atom is -0.493 e. The third-order valence-corrected chi connectivity index (χ3v) is 4.37. The molecule has 0 saturated carbocycles. The van der Waals surface area contributed by atoms with Crippen molar-refractivity contribution >= 4 is 11.6 Å². The summed E-state index contributed by atoms with van der Waals surface area (Å²) in [5.74, 6) is 1.32. The Morgan fingerprint density at radius 3 is 2.48 bits per heavy atom. The van der Waals surface area contributed by atoms with Crippen LogP contribution in [0.5, 0.6) is 11.5 Å². The topological polar surface area (TPSA) is 51.1 Å². The van der Waals surface area contributed by atoms with Gasteiger partial charge in [-0.25, -0.2) is 5.01 Å². The van der Waals surface area contributed by atoms with Gasteiger partial charge in [0.05, 0.1) is 26.0 Å². The number of hydrazone groups is 1. The van der Waals surface area contributed by atoms with Crippen molar-refractivity contribution in [1.29, 1.82) is 0 Å². The van der Waals surface area contributed by atoms with Gasteiger partial charge in [0, 0.05) is 12.8 Å². The quantitative estimate of drug-likeness (QED) is 0.833. The Hall–Kier alpha value is -2.82. The largest absolute Gasteiger partial charge is 0.493 e. The second-order valence-electron chi connectivity index (χ2n) is 5.84. The molecule has 0 aliphatic carbocycles. The summed E-state index contributed by atoms with van der Waals surface area (Å²) in [6, 6.07) is 15.6. The number of benzene rings is 2. The molecular formula is C20H22N2O3.